The molecule has 1 fully saturated rings. The summed E-state index contributed by atoms with van der Waals surface area (Å²) in [6, 6.07) is 0.00151. The topological polar surface area (TPSA) is 38.8 Å². The van der Waals surface area contributed by atoms with Crippen molar-refractivity contribution >= 4 is 5.97 Å². The van der Waals surface area contributed by atoms with E-state index >= 15 is 0 Å². The van der Waals surface area contributed by atoms with Gasteiger partial charge in [-0.15, -0.1) is 0 Å². The number of nitrogens with zero attached hydrogens (tertiary/aromatic N) is 1. The number of hydrogen-bond acceptors (Lipinski definition) is 4. The van der Waals surface area contributed by atoms with Crippen LogP contribution in [-0.2, 0) is 14.3 Å². The van der Waals surface area contributed by atoms with Gasteiger partial charge < -0.3 is 9.47 Å². The zero-order valence-corrected chi connectivity index (χ0v) is 8.99. The summed E-state index contributed by atoms with van der Waals surface area (Å²) in [5.74, 6) is -0.104. The van der Waals surface area contributed by atoms with Crippen molar-refractivity contribution in [3.63, 3.8) is 0 Å². The lowest BCUT2D eigenvalue weighted by Crippen LogP contribution is -2.53. The van der Waals surface area contributed by atoms with Crippen LogP contribution in [0.3, 0.4) is 0 Å². The summed E-state index contributed by atoms with van der Waals surface area (Å²) in [5.41, 5.74) is 0. The molecule has 0 spiro atoms. The molecule has 1 rings (SSSR count). The van der Waals surface area contributed by atoms with Gasteiger partial charge in [0.15, 0.2) is 0 Å². The highest BCUT2D eigenvalue weighted by molar-refractivity contribution is 5.76. The molecule has 1 aliphatic rings. The van der Waals surface area contributed by atoms with Crippen LogP contribution in [0.1, 0.15) is 19.8 Å². The van der Waals surface area contributed by atoms with E-state index in [-0.39, 0.29) is 12.0 Å². The monoisotopic (exact) mass is 201 g/mol. The largest absolute Gasteiger partial charge is 0.468 e. The van der Waals surface area contributed by atoms with Gasteiger partial charge in [-0.25, -0.2) is 0 Å². The summed E-state index contributed by atoms with van der Waals surface area (Å²) in [7, 11) is 1.44. The zero-order chi connectivity index (χ0) is 10.4. The lowest BCUT2D eigenvalue weighted by Gasteiger charge is -2.38. The number of carbonyl (C=O) groups is 1. The smallest absolute Gasteiger partial charge is 0.323 e. The lowest BCUT2D eigenvalue weighted by atomic mass is 10.0. The Morgan fingerprint density at radius 1 is 1.57 bits per heavy atom. The van der Waals surface area contributed by atoms with Crippen molar-refractivity contribution in [1.29, 1.82) is 0 Å². The van der Waals surface area contributed by atoms with Crippen LogP contribution in [0.4, 0.5) is 0 Å². The number of methoxy groups -OCH3 is 1. The maximum Gasteiger partial charge on any atom is 0.323 e. The first-order valence-electron chi connectivity index (χ1n) is 5.19. The number of ether oxygens (including phenoxy) is 2. The standard InChI is InChI=1S/C10H19NO3/c1-3-14-8-4-6-11-7-5-9(11)10(12)13-2/h9H,3-8H2,1-2H3. The highest BCUT2D eigenvalue weighted by Gasteiger charge is 2.34. The minimum Gasteiger partial charge on any atom is -0.468 e. The molecule has 0 amide bonds. The molecule has 0 N–H and O–H groups in total. The fraction of sp³-hybridized carbons (Fsp3) is 0.900. The molecule has 1 atom stereocenters. The summed E-state index contributed by atoms with van der Waals surface area (Å²) < 4.78 is 9.93. The van der Waals surface area contributed by atoms with Crippen LogP contribution in [0, 0.1) is 0 Å². The van der Waals surface area contributed by atoms with Crippen molar-refractivity contribution < 1.29 is 14.3 Å². The first kappa shape index (κ1) is 11.5. The maximum atomic E-state index is 11.2. The molecule has 4 heteroatoms. The van der Waals surface area contributed by atoms with Crippen molar-refractivity contribution in [3.05, 3.63) is 0 Å². The molecule has 0 aliphatic carbocycles. The van der Waals surface area contributed by atoms with Gasteiger partial charge in [-0.2, -0.15) is 0 Å². The molecule has 0 aromatic rings. The predicted octanol–water partition coefficient (Wildman–Crippen LogP) is 0.660. The highest BCUT2D eigenvalue weighted by atomic mass is 16.5. The second-order valence-corrected chi connectivity index (χ2v) is 3.41. The molecular weight excluding hydrogens is 182 g/mol. The van der Waals surface area contributed by atoms with Crippen LogP contribution in [0.2, 0.25) is 0 Å². The van der Waals surface area contributed by atoms with Crippen LogP contribution < -0.4 is 0 Å². The molecule has 4 nitrogen and oxygen atoms in total. The van der Waals surface area contributed by atoms with E-state index in [0.29, 0.717) is 0 Å². The molecule has 0 bridgehead atoms. The lowest BCUT2D eigenvalue weighted by molar-refractivity contribution is -0.152. The molecule has 1 heterocycles. The van der Waals surface area contributed by atoms with Crippen molar-refractivity contribution in [2.24, 2.45) is 0 Å². The van der Waals surface area contributed by atoms with E-state index in [2.05, 4.69) is 4.90 Å². The Morgan fingerprint density at radius 3 is 2.86 bits per heavy atom. The second kappa shape index (κ2) is 5.98. The molecule has 82 valence electrons. The first-order valence-corrected chi connectivity index (χ1v) is 5.19. The van der Waals surface area contributed by atoms with E-state index in [9.17, 15) is 4.79 Å². The number of rotatable bonds is 6. The van der Waals surface area contributed by atoms with Crippen molar-refractivity contribution in [1.82, 2.24) is 4.90 Å². The third-order valence-electron chi connectivity index (χ3n) is 2.54. The minimum absolute atomic E-state index is 0.00151. The van der Waals surface area contributed by atoms with Gasteiger partial charge >= 0.3 is 5.97 Å². The quantitative estimate of drug-likeness (QED) is 0.467. The maximum absolute atomic E-state index is 11.2. The van der Waals surface area contributed by atoms with Crippen LogP contribution >= 0.6 is 0 Å². The summed E-state index contributed by atoms with van der Waals surface area (Å²) in [6.45, 7) is 5.47. The molecule has 1 aliphatic heterocycles. The Balaban J connectivity index is 2.10. The molecule has 1 unspecified atom stereocenters. The Morgan fingerprint density at radius 2 is 2.36 bits per heavy atom. The van der Waals surface area contributed by atoms with Crippen LogP contribution in [-0.4, -0.2) is 50.3 Å². The van der Waals surface area contributed by atoms with Gasteiger partial charge in [-0.3, -0.25) is 9.69 Å². The molecular formula is C10H19NO3. The number of carbonyl (C=O) groups excluding carboxylic acids is 1. The van der Waals surface area contributed by atoms with E-state index in [0.717, 1.165) is 39.1 Å². The average Bonchev–Trinajstić information content (AvgIpc) is 2.15. The van der Waals surface area contributed by atoms with E-state index in [1.54, 1.807) is 0 Å². The zero-order valence-electron chi connectivity index (χ0n) is 8.99. The first-order chi connectivity index (χ1) is 6.79. The van der Waals surface area contributed by atoms with Crippen LogP contribution in [0.15, 0.2) is 0 Å². The fourth-order valence-electron chi connectivity index (χ4n) is 1.63. The third-order valence-corrected chi connectivity index (χ3v) is 2.54. The number of hydrogen-bond donors (Lipinski definition) is 0. The predicted molar refractivity (Wildman–Crippen MR) is 53.1 cm³/mol. The Labute approximate surface area is 85.2 Å². The van der Waals surface area contributed by atoms with E-state index in [1.165, 1.54) is 7.11 Å². The molecule has 0 aromatic heterocycles. The normalized spacial score (nSPS) is 21.7. The molecule has 0 aromatic carbocycles. The number of esters is 1. The van der Waals surface area contributed by atoms with Gasteiger partial charge in [-0.1, -0.05) is 0 Å². The van der Waals surface area contributed by atoms with Gasteiger partial charge in [0.1, 0.15) is 6.04 Å². The van der Waals surface area contributed by atoms with E-state index in [4.69, 9.17) is 9.47 Å². The SMILES string of the molecule is CCOCCCN1CCC1C(=O)OC. The Bertz CT molecular complexity index is 184. The molecule has 14 heavy (non-hydrogen) atoms. The third kappa shape index (κ3) is 2.96. The summed E-state index contributed by atoms with van der Waals surface area (Å²) in [6.07, 6.45) is 1.92. The van der Waals surface area contributed by atoms with Crippen molar-refractivity contribution in [2.75, 3.05) is 33.4 Å². The summed E-state index contributed by atoms with van der Waals surface area (Å²) >= 11 is 0. The van der Waals surface area contributed by atoms with Gasteiger partial charge in [0.2, 0.25) is 0 Å². The van der Waals surface area contributed by atoms with Gasteiger partial charge in [0, 0.05) is 26.3 Å². The molecule has 1 saturated heterocycles. The molecule has 0 saturated carbocycles. The van der Waals surface area contributed by atoms with Gasteiger partial charge in [0.25, 0.3) is 0 Å². The fourth-order valence-corrected chi connectivity index (χ4v) is 1.63. The summed E-state index contributed by atoms with van der Waals surface area (Å²) in [5, 5.41) is 0. The Kier molecular flexibility index (Phi) is 4.90. The van der Waals surface area contributed by atoms with Crippen molar-refractivity contribution in [2.45, 2.75) is 25.8 Å². The van der Waals surface area contributed by atoms with Crippen LogP contribution in [0.25, 0.3) is 0 Å². The van der Waals surface area contributed by atoms with E-state index < -0.39 is 0 Å². The highest BCUT2D eigenvalue weighted by Crippen LogP contribution is 2.18. The van der Waals surface area contributed by atoms with Crippen LogP contribution in [0.5, 0.6) is 0 Å². The average molecular weight is 201 g/mol. The Hall–Kier alpha value is -0.610. The van der Waals surface area contributed by atoms with E-state index in [1.807, 2.05) is 6.92 Å². The van der Waals surface area contributed by atoms with Gasteiger partial charge in [-0.05, 0) is 19.8 Å². The van der Waals surface area contributed by atoms with Crippen molar-refractivity contribution in [3.8, 4) is 0 Å². The summed E-state index contributed by atoms with van der Waals surface area (Å²) in [4.78, 5) is 13.3. The number of likely N-dealkylation sites (tertiary alicyclic amines) is 1. The minimum atomic E-state index is -0.104. The van der Waals surface area contributed by atoms with Gasteiger partial charge in [0.05, 0.1) is 7.11 Å². The molecule has 0 radical (unpaired) electrons. The second-order valence-electron chi connectivity index (χ2n) is 3.41.